The molecule has 2 aliphatic rings. The smallest absolute Gasteiger partial charge is 0.410 e. The predicted molar refractivity (Wildman–Crippen MR) is 107 cm³/mol. The molecule has 2 amide bonds. The fraction of sp³-hybridized carbons (Fsp3) is 0.318. The Bertz CT molecular complexity index is 1090. The molecule has 0 radical (unpaired) electrons. The van der Waals surface area contributed by atoms with Crippen LogP contribution in [0.25, 0.3) is 5.65 Å². The Morgan fingerprint density at radius 3 is 2.76 bits per heavy atom. The van der Waals surface area contributed by atoms with Gasteiger partial charge in [0, 0.05) is 37.9 Å². The SMILES string of the molecule is Cc1cccc2nc(C(=O)N3CCN4C(=O)OCC4(Cc4ccccc4)C3)cn12. The molecule has 29 heavy (non-hydrogen) atoms. The molecule has 7 nitrogen and oxygen atoms in total. The average Bonchev–Trinajstić information content (AvgIpc) is 3.31. The van der Waals surface area contributed by atoms with Gasteiger partial charge in [-0.1, -0.05) is 36.4 Å². The van der Waals surface area contributed by atoms with Gasteiger partial charge in [-0.3, -0.25) is 9.69 Å². The molecule has 0 spiro atoms. The highest BCUT2D eigenvalue weighted by Crippen LogP contribution is 2.33. The van der Waals surface area contributed by atoms with Gasteiger partial charge in [0.05, 0.1) is 0 Å². The number of fused-ring (bicyclic) bond motifs is 2. The molecule has 7 heteroatoms. The lowest BCUT2D eigenvalue weighted by atomic mass is 9.88. The second-order valence-corrected chi connectivity index (χ2v) is 7.84. The fourth-order valence-corrected chi connectivity index (χ4v) is 4.43. The third-order valence-electron chi connectivity index (χ3n) is 5.91. The van der Waals surface area contributed by atoms with E-state index < -0.39 is 5.54 Å². The van der Waals surface area contributed by atoms with E-state index in [1.165, 1.54) is 0 Å². The summed E-state index contributed by atoms with van der Waals surface area (Å²) in [6.45, 7) is 3.63. The van der Waals surface area contributed by atoms with Crippen molar-refractivity contribution in [2.45, 2.75) is 18.9 Å². The summed E-state index contributed by atoms with van der Waals surface area (Å²) in [6.07, 6.45) is 2.14. The van der Waals surface area contributed by atoms with E-state index in [0.717, 1.165) is 16.9 Å². The Hall–Kier alpha value is -3.35. The monoisotopic (exact) mass is 390 g/mol. The van der Waals surface area contributed by atoms with Crippen LogP contribution in [0.5, 0.6) is 0 Å². The number of aromatic nitrogens is 2. The minimum absolute atomic E-state index is 0.112. The van der Waals surface area contributed by atoms with Crippen LogP contribution in [0.2, 0.25) is 0 Å². The Balaban J connectivity index is 1.44. The van der Waals surface area contributed by atoms with Gasteiger partial charge in [-0.2, -0.15) is 0 Å². The van der Waals surface area contributed by atoms with Crippen molar-refractivity contribution in [3.8, 4) is 0 Å². The predicted octanol–water partition coefficient (Wildman–Crippen LogP) is 2.53. The first-order chi connectivity index (χ1) is 14.1. The number of cyclic esters (lactones) is 1. The van der Waals surface area contributed by atoms with E-state index in [1.54, 1.807) is 16.0 Å². The number of piperazine rings is 1. The summed E-state index contributed by atoms with van der Waals surface area (Å²) >= 11 is 0. The van der Waals surface area contributed by atoms with E-state index in [2.05, 4.69) is 4.98 Å². The van der Waals surface area contributed by atoms with Gasteiger partial charge >= 0.3 is 6.09 Å². The van der Waals surface area contributed by atoms with E-state index in [9.17, 15) is 9.59 Å². The number of amides is 2. The summed E-state index contributed by atoms with van der Waals surface area (Å²) in [5.41, 5.74) is 2.78. The maximum atomic E-state index is 13.3. The molecule has 5 rings (SSSR count). The molecule has 2 saturated heterocycles. The van der Waals surface area contributed by atoms with E-state index in [-0.39, 0.29) is 18.6 Å². The summed E-state index contributed by atoms with van der Waals surface area (Å²) in [5, 5.41) is 0. The minimum Gasteiger partial charge on any atom is -0.447 e. The minimum atomic E-state index is -0.540. The molecule has 4 heterocycles. The Morgan fingerprint density at radius 1 is 1.14 bits per heavy atom. The third-order valence-corrected chi connectivity index (χ3v) is 5.91. The van der Waals surface area contributed by atoms with Gasteiger partial charge in [0.1, 0.15) is 23.5 Å². The van der Waals surface area contributed by atoms with Crippen LogP contribution in [0.1, 0.15) is 21.7 Å². The molecular formula is C22H22N4O3. The molecule has 3 aromatic rings. The molecule has 0 bridgehead atoms. The van der Waals surface area contributed by atoms with Crippen LogP contribution in [0.4, 0.5) is 4.79 Å². The number of rotatable bonds is 3. The number of benzene rings is 1. The van der Waals surface area contributed by atoms with Crippen LogP contribution in [0, 0.1) is 6.92 Å². The highest BCUT2D eigenvalue weighted by molar-refractivity contribution is 5.93. The average molecular weight is 390 g/mol. The standard InChI is InChI=1S/C22H22N4O3/c1-16-6-5-9-19-23-18(13-25(16)19)20(27)24-10-11-26-21(28)29-15-22(26,14-24)12-17-7-3-2-4-8-17/h2-9,13H,10-12,14-15H2,1H3. The fourth-order valence-electron chi connectivity index (χ4n) is 4.43. The largest absolute Gasteiger partial charge is 0.447 e. The maximum Gasteiger partial charge on any atom is 0.410 e. The van der Waals surface area contributed by atoms with Gasteiger partial charge in [0.2, 0.25) is 0 Å². The molecule has 2 aliphatic heterocycles. The van der Waals surface area contributed by atoms with Gasteiger partial charge in [0.15, 0.2) is 0 Å². The van der Waals surface area contributed by atoms with Gasteiger partial charge in [0.25, 0.3) is 5.91 Å². The number of hydrogen-bond acceptors (Lipinski definition) is 4. The number of pyridine rings is 1. The zero-order chi connectivity index (χ0) is 20.0. The van der Waals surface area contributed by atoms with Crippen molar-refractivity contribution in [1.29, 1.82) is 0 Å². The first kappa shape index (κ1) is 17.7. The van der Waals surface area contributed by atoms with Crippen molar-refractivity contribution >= 4 is 17.6 Å². The van der Waals surface area contributed by atoms with Gasteiger partial charge in [-0.15, -0.1) is 0 Å². The number of imidazole rings is 1. The van der Waals surface area contributed by atoms with Gasteiger partial charge in [-0.05, 0) is 24.6 Å². The maximum absolute atomic E-state index is 13.3. The highest BCUT2D eigenvalue weighted by Gasteiger charge is 2.51. The molecule has 1 aromatic carbocycles. The first-order valence-corrected chi connectivity index (χ1v) is 9.78. The molecule has 0 saturated carbocycles. The van der Waals surface area contributed by atoms with Crippen LogP contribution in [-0.2, 0) is 11.2 Å². The second-order valence-electron chi connectivity index (χ2n) is 7.84. The molecule has 0 N–H and O–H groups in total. The zero-order valence-corrected chi connectivity index (χ0v) is 16.2. The van der Waals surface area contributed by atoms with Crippen LogP contribution in [0.15, 0.2) is 54.7 Å². The van der Waals surface area contributed by atoms with Crippen molar-refractivity contribution in [3.05, 3.63) is 71.7 Å². The lowest BCUT2D eigenvalue weighted by Gasteiger charge is -2.44. The lowest BCUT2D eigenvalue weighted by Crippen LogP contribution is -2.63. The number of carbonyl (C=O) groups is 2. The molecule has 2 aromatic heterocycles. The van der Waals surface area contributed by atoms with Crippen LogP contribution in [-0.4, -0.2) is 63.0 Å². The normalized spacial score (nSPS) is 21.3. The lowest BCUT2D eigenvalue weighted by molar-refractivity contribution is 0.0371. The summed E-state index contributed by atoms with van der Waals surface area (Å²) in [7, 11) is 0. The first-order valence-electron chi connectivity index (χ1n) is 9.78. The van der Waals surface area contributed by atoms with Crippen molar-refractivity contribution < 1.29 is 14.3 Å². The Kier molecular flexibility index (Phi) is 4.04. The molecule has 0 aliphatic carbocycles. The van der Waals surface area contributed by atoms with E-state index in [4.69, 9.17) is 4.74 Å². The Morgan fingerprint density at radius 2 is 1.97 bits per heavy atom. The van der Waals surface area contributed by atoms with E-state index in [0.29, 0.717) is 31.7 Å². The number of nitrogens with zero attached hydrogens (tertiary/aromatic N) is 4. The van der Waals surface area contributed by atoms with Crippen molar-refractivity contribution in [1.82, 2.24) is 19.2 Å². The molecule has 148 valence electrons. The second kappa shape index (κ2) is 6.62. The van der Waals surface area contributed by atoms with Crippen molar-refractivity contribution in [3.63, 3.8) is 0 Å². The van der Waals surface area contributed by atoms with Crippen molar-refractivity contribution in [2.24, 2.45) is 0 Å². The van der Waals surface area contributed by atoms with Crippen LogP contribution in [0.3, 0.4) is 0 Å². The molecular weight excluding hydrogens is 368 g/mol. The molecule has 2 fully saturated rings. The van der Waals surface area contributed by atoms with Crippen molar-refractivity contribution in [2.75, 3.05) is 26.2 Å². The molecule has 1 unspecified atom stereocenters. The summed E-state index contributed by atoms with van der Waals surface area (Å²) in [6, 6.07) is 15.8. The van der Waals surface area contributed by atoms with Gasteiger partial charge < -0.3 is 14.0 Å². The zero-order valence-electron chi connectivity index (χ0n) is 16.2. The Labute approximate surface area is 168 Å². The number of ether oxygens (including phenoxy) is 1. The number of hydrogen-bond donors (Lipinski definition) is 0. The number of aryl methyl sites for hydroxylation is 1. The van der Waals surface area contributed by atoms with Crippen LogP contribution < -0.4 is 0 Å². The molecule has 1 atom stereocenters. The topological polar surface area (TPSA) is 67.2 Å². The number of carbonyl (C=O) groups excluding carboxylic acids is 2. The van der Waals surface area contributed by atoms with Crippen LogP contribution >= 0.6 is 0 Å². The quantitative estimate of drug-likeness (QED) is 0.689. The van der Waals surface area contributed by atoms with E-state index >= 15 is 0 Å². The summed E-state index contributed by atoms with van der Waals surface area (Å²) in [5.74, 6) is -0.112. The van der Waals surface area contributed by atoms with E-state index in [1.807, 2.05) is 59.9 Å². The highest BCUT2D eigenvalue weighted by atomic mass is 16.6. The summed E-state index contributed by atoms with van der Waals surface area (Å²) < 4.78 is 7.32. The third kappa shape index (κ3) is 2.93. The van der Waals surface area contributed by atoms with Gasteiger partial charge in [-0.25, -0.2) is 9.78 Å². The summed E-state index contributed by atoms with van der Waals surface area (Å²) in [4.78, 5) is 33.7.